The average Bonchev–Trinajstić information content (AvgIpc) is 2.72. The first kappa shape index (κ1) is 22.7. The Morgan fingerprint density at radius 2 is 1.55 bits per heavy atom. The summed E-state index contributed by atoms with van der Waals surface area (Å²) in [5, 5.41) is 3.18. The molecule has 0 radical (unpaired) electrons. The van der Waals surface area contributed by atoms with Gasteiger partial charge in [-0.15, -0.1) is 0 Å². The van der Waals surface area contributed by atoms with Gasteiger partial charge in [0.15, 0.2) is 11.6 Å². The van der Waals surface area contributed by atoms with E-state index in [2.05, 4.69) is 39.9 Å². The third-order valence-electron chi connectivity index (χ3n) is 5.65. The van der Waals surface area contributed by atoms with Gasteiger partial charge in [-0.05, 0) is 23.8 Å². The van der Waals surface area contributed by atoms with Crippen molar-refractivity contribution in [2.75, 3.05) is 18.5 Å². The summed E-state index contributed by atoms with van der Waals surface area (Å²) in [6.45, 7) is 10.9. The van der Waals surface area contributed by atoms with Gasteiger partial charge in [0.2, 0.25) is 0 Å². The first-order chi connectivity index (χ1) is 14.6. The summed E-state index contributed by atoms with van der Waals surface area (Å²) >= 11 is 0. The maximum absolute atomic E-state index is 13.0. The summed E-state index contributed by atoms with van der Waals surface area (Å²) in [5.74, 6) is -0.292. The summed E-state index contributed by atoms with van der Waals surface area (Å²) in [6, 6.07) is 12.1. The highest BCUT2D eigenvalue weighted by Crippen LogP contribution is 2.33. The highest BCUT2D eigenvalue weighted by molar-refractivity contribution is 6.30. The van der Waals surface area contributed by atoms with E-state index in [1.54, 1.807) is 42.5 Å². The number of anilines is 1. The topological polar surface area (TPSA) is 72.5 Å². The third-order valence-corrected chi connectivity index (χ3v) is 5.65. The normalized spacial score (nSPS) is 14.1. The molecule has 1 aliphatic carbocycles. The van der Waals surface area contributed by atoms with Gasteiger partial charge in [-0.1, -0.05) is 71.0 Å². The van der Waals surface area contributed by atoms with Crippen LogP contribution in [0.1, 0.15) is 72.9 Å². The molecule has 1 atom stereocenters. The molecule has 0 saturated carbocycles. The Kier molecular flexibility index (Phi) is 6.63. The average molecular weight is 422 g/mol. The molecule has 5 nitrogen and oxygen atoms in total. The van der Waals surface area contributed by atoms with Gasteiger partial charge in [0.1, 0.15) is 6.61 Å². The van der Waals surface area contributed by atoms with Gasteiger partial charge in [0.25, 0.3) is 0 Å². The number of benzene rings is 2. The Balaban J connectivity index is 1.68. The van der Waals surface area contributed by atoms with E-state index in [4.69, 9.17) is 4.74 Å². The molecule has 0 heterocycles. The van der Waals surface area contributed by atoms with Gasteiger partial charge in [0, 0.05) is 28.9 Å². The molecule has 164 valence electrons. The van der Waals surface area contributed by atoms with Crippen molar-refractivity contribution in [3.8, 4) is 0 Å². The highest BCUT2D eigenvalue weighted by atomic mass is 16.5. The molecule has 0 amide bonds. The van der Waals surface area contributed by atoms with Crippen molar-refractivity contribution in [1.82, 2.24) is 0 Å². The van der Waals surface area contributed by atoms with Crippen molar-refractivity contribution in [3.63, 3.8) is 0 Å². The molecular weight excluding hydrogens is 390 g/mol. The van der Waals surface area contributed by atoms with Crippen LogP contribution in [-0.2, 0) is 9.53 Å². The molecule has 0 saturated heterocycles. The molecule has 31 heavy (non-hydrogen) atoms. The monoisotopic (exact) mass is 421 g/mol. The molecule has 1 aliphatic rings. The SMILES string of the molecule is CC(C)CC(C(=O)OCCNc1cccc2c1C(=O)c1ccccc1C2=O)C(C)(C)C. The summed E-state index contributed by atoms with van der Waals surface area (Å²) in [5.41, 5.74) is 2.04. The summed E-state index contributed by atoms with van der Waals surface area (Å²) < 4.78 is 5.55. The van der Waals surface area contributed by atoms with Crippen molar-refractivity contribution in [2.24, 2.45) is 17.3 Å². The lowest BCUT2D eigenvalue weighted by Gasteiger charge is -2.30. The van der Waals surface area contributed by atoms with Crippen LogP contribution in [0.25, 0.3) is 0 Å². The summed E-state index contributed by atoms with van der Waals surface area (Å²) in [4.78, 5) is 38.5. The number of hydrogen-bond acceptors (Lipinski definition) is 5. The van der Waals surface area contributed by atoms with Crippen LogP contribution < -0.4 is 5.32 Å². The van der Waals surface area contributed by atoms with E-state index in [-0.39, 0.29) is 35.5 Å². The van der Waals surface area contributed by atoms with Crippen LogP contribution >= 0.6 is 0 Å². The molecule has 0 fully saturated rings. The van der Waals surface area contributed by atoms with Crippen LogP contribution in [0.2, 0.25) is 0 Å². The zero-order valence-corrected chi connectivity index (χ0v) is 19.0. The zero-order valence-electron chi connectivity index (χ0n) is 19.0. The minimum Gasteiger partial charge on any atom is -0.464 e. The van der Waals surface area contributed by atoms with Gasteiger partial charge >= 0.3 is 5.97 Å². The van der Waals surface area contributed by atoms with Gasteiger partial charge in [-0.2, -0.15) is 0 Å². The van der Waals surface area contributed by atoms with E-state index < -0.39 is 0 Å². The van der Waals surface area contributed by atoms with Crippen molar-refractivity contribution in [1.29, 1.82) is 0 Å². The van der Waals surface area contributed by atoms with Gasteiger partial charge in [-0.3, -0.25) is 14.4 Å². The van der Waals surface area contributed by atoms with Crippen LogP contribution in [0.4, 0.5) is 5.69 Å². The molecule has 0 spiro atoms. The van der Waals surface area contributed by atoms with Crippen molar-refractivity contribution < 1.29 is 19.1 Å². The number of ketones is 2. The molecular formula is C26H31NO4. The maximum atomic E-state index is 13.0. The van der Waals surface area contributed by atoms with E-state index in [0.29, 0.717) is 40.4 Å². The Hall–Kier alpha value is -2.95. The van der Waals surface area contributed by atoms with Crippen molar-refractivity contribution >= 4 is 23.2 Å². The molecule has 0 aromatic heterocycles. The Labute approximate surface area is 184 Å². The minimum atomic E-state index is -0.196. The quantitative estimate of drug-likeness (QED) is 0.423. The number of carbonyl (C=O) groups excluding carboxylic acids is 3. The fourth-order valence-corrected chi connectivity index (χ4v) is 4.00. The van der Waals surface area contributed by atoms with E-state index >= 15 is 0 Å². The zero-order chi connectivity index (χ0) is 22.8. The summed E-state index contributed by atoms with van der Waals surface area (Å²) in [6.07, 6.45) is 0.776. The van der Waals surface area contributed by atoms with E-state index in [1.165, 1.54) is 0 Å². The van der Waals surface area contributed by atoms with Crippen LogP contribution in [0.5, 0.6) is 0 Å². The van der Waals surface area contributed by atoms with Crippen molar-refractivity contribution in [2.45, 2.75) is 41.0 Å². The predicted molar refractivity (Wildman–Crippen MR) is 122 cm³/mol. The number of fused-ring (bicyclic) bond motifs is 2. The lowest BCUT2D eigenvalue weighted by molar-refractivity contribution is -0.152. The molecule has 2 aromatic rings. The van der Waals surface area contributed by atoms with Crippen LogP contribution in [0, 0.1) is 17.3 Å². The number of nitrogens with one attached hydrogen (secondary N) is 1. The highest BCUT2D eigenvalue weighted by Gasteiger charge is 2.33. The number of rotatable bonds is 7. The van der Waals surface area contributed by atoms with E-state index in [1.807, 2.05) is 0 Å². The fraction of sp³-hybridized carbons (Fsp3) is 0.423. The number of esters is 1. The second-order valence-corrected chi connectivity index (χ2v) is 9.57. The van der Waals surface area contributed by atoms with E-state index in [0.717, 1.165) is 6.42 Å². The first-order valence-electron chi connectivity index (χ1n) is 10.8. The molecule has 3 rings (SSSR count). The molecule has 5 heteroatoms. The Morgan fingerprint density at radius 3 is 2.16 bits per heavy atom. The van der Waals surface area contributed by atoms with Crippen molar-refractivity contribution in [3.05, 3.63) is 64.7 Å². The lowest BCUT2D eigenvalue weighted by atomic mass is 9.76. The number of ether oxygens (including phenoxy) is 1. The van der Waals surface area contributed by atoms with Crippen LogP contribution in [0.15, 0.2) is 42.5 Å². The molecule has 0 aliphatic heterocycles. The molecule has 1 N–H and O–H groups in total. The van der Waals surface area contributed by atoms with Gasteiger partial charge in [-0.25, -0.2) is 0 Å². The van der Waals surface area contributed by atoms with Gasteiger partial charge in [0.05, 0.1) is 11.5 Å². The first-order valence-corrected chi connectivity index (χ1v) is 10.8. The molecule has 0 bridgehead atoms. The van der Waals surface area contributed by atoms with Crippen LogP contribution in [-0.4, -0.2) is 30.7 Å². The number of hydrogen-bond donors (Lipinski definition) is 1. The lowest BCUT2D eigenvalue weighted by Crippen LogP contribution is -2.32. The molecule has 2 aromatic carbocycles. The van der Waals surface area contributed by atoms with Crippen LogP contribution in [0.3, 0.4) is 0 Å². The van der Waals surface area contributed by atoms with E-state index in [9.17, 15) is 14.4 Å². The maximum Gasteiger partial charge on any atom is 0.309 e. The predicted octanol–water partition coefficient (Wildman–Crippen LogP) is 5.13. The Bertz CT molecular complexity index is 1000. The smallest absolute Gasteiger partial charge is 0.309 e. The van der Waals surface area contributed by atoms with Gasteiger partial charge < -0.3 is 10.1 Å². The Morgan fingerprint density at radius 1 is 0.935 bits per heavy atom. The largest absolute Gasteiger partial charge is 0.464 e. The molecule has 1 unspecified atom stereocenters. The fourth-order valence-electron chi connectivity index (χ4n) is 4.00. The minimum absolute atomic E-state index is 0.151. The summed E-state index contributed by atoms with van der Waals surface area (Å²) in [7, 11) is 0. The second-order valence-electron chi connectivity index (χ2n) is 9.57. The number of carbonyl (C=O) groups is 3. The standard InChI is InChI=1S/C26H31NO4/c1-16(2)15-20(26(3,4)5)25(30)31-14-13-27-21-12-8-11-19-22(21)24(29)18-10-7-6-9-17(18)23(19)28/h6-12,16,20,27H,13-15H2,1-5H3. The second kappa shape index (κ2) is 9.04. The third kappa shape index (κ3) is 4.87.